The van der Waals surface area contributed by atoms with Gasteiger partial charge in [-0.05, 0) is 61.8 Å². The highest BCUT2D eigenvalue weighted by Gasteiger charge is 2.16. The molecule has 1 unspecified atom stereocenters. The van der Waals surface area contributed by atoms with Gasteiger partial charge in [-0.15, -0.1) is 0 Å². The first-order chi connectivity index (χ1) is 9.33. The Morgan fingerprint density at radius 2 is 2.05 bits per heavy atom. The SMILES string of the molecule is OC(CCc1ccc2c(c1)OCO2)C1=CCCCC1. The third-order valence-electron chi connectivity index (χ3n) is 3.90. The molecule has 3 heteroatoms. The van der Waals surface area contributed by atoms with Gasteiger partial charge in [0.2, 0.25) is 6.79 Å². The summed E-state index contributed by atoms with van der Waals surface area (Å²) in [5.74, 6) is 1.64. The van der Waals surface area contributed by atoms with Crippen LogP contribution in [0.25, 0.3) is 0 Å². The lowest BCUT2D eigenvalue weighted by atomic mass is 9.92. The first-order valence-electron chi connectivity index (χ1n) is 7.08. The van der Waals surface area contributed by atoms with Crippen LogP contribution < -0.4 is 9.47 Å². The number of hydrogen-bond acceptors (Lipinski definition) is 3. The number of aliphatic hydroxyl groups is 1. The Kier molecular flexibility index (Phi) is 3.74. The molecule has 19 heavy (non-hydrogen) atoms. The van der Waals surface area contributed by atoms with E-state index in [9.17, 15) is 5.11 Å². The molecule has 0 spiro atoms. The minimum atomic E-state index is -0.286. The van der Waals surface area contributed by atoms with Gasteiger partial charge in [0.05, 0.1) is 6.10 Å². The molecule has 1 aliphatic heterocycles. The molecule has 0 saturated carbocycles. The summed E-state index contributed by atoms with van der Waals surface area (Å²) < 4.78 is 10.7. The van der Waals surface area contributed by atoms with Crippen LogP contribution in [0.4, 0.5) is 0 Å². The van der Waals surface area contributed by atoms with E-state index in [2.05, 4.69) is 12.1 Å². The van der Waals surface area contributed by atoms with E-state index in [1.54, 1.807) is 0 Å². The summed E-state index contributed by atoms with van der Waals surface area (Å²) >= 11 is 0. The largest absolute Gasteiger partial charge is 0.454 e. The van der Waals surface area contributed by atoms with E-state index >= 15 is 0 Å². The Hall–Kier alpha value is -1.48. The van der Waals surface area contributed by atoms with Gasteiger partial charge in [-0.25, -0.2) is 0 Å². The smallest absolute Gasteiger partial charge is 0.231 e. The number of ether oxygens (including phenoxy) is 2. The molecule has 0 radical (unpaired) electrons. The predicted octanol–water partition coefficient (Wildman–Crippen LogP) is 3.21. The second-order valence-electron chi connectivity index (χ2n) is 5.27. The summed E-state index contributed by atoms with van der Waals surface area (Å²) in [6.45, 7) is 0.314. The molecule has 1 heterocycles. The fourth-order valence-corrected chi connectivity index (χ4v) is 2.75. The van der Waals surface area contributed by atoms with Gasteiger partial charge in [0.15, 0.2) is 11.5 Å². The van der Waals surface area contributed by atoms with Crippen molar-refractivity contribution >= 4 is 0 Å². The Balaban J connectivity index is 1.58. The van der Waals surface area contributed by atoms with Crippen LogP contribution in [0, 0.1) is 0 Å². The third kappa shape index (κ3) is 2.92. The summed E-state index contributed by atoms with van der Waals surface area (Å²) in [6.07, 6.45) is 8.24. The number of fused-ring (bicyclic) bond motifs is 1. The lowest BCUT2D eigenvalue weighted by Crippen LogP contribution is -2.13. The van der Waals surface area contributed by atoms with Gasteiger partial charge < -0.3 is 14.6 Å². The maximum absolute atomic E-state index is 10.2. The lowest BCUT2D eigenvalue weighted by molar-refractivity contribution is 0.174. The summed E-state index contributed by atoms with van der Waals surface area (Å²) in [5.41, 5.74) is 2.42. The fourth-order valence-electron chi connectivity index (χ4n) is 2.75. The summed E-state index contributed by atoms with van der Waals surface area (Å²) in [4.78, 5) is 0. The zero-order valence-electron chi connectivity index (χ0n) is 11.1. The number of aryl methyl sites for hydroxylation is 1. The van der Waals surface area contributed by atoms with Gasteiger partial charge >= 0.3 is 0 Å². The summed E-state index contributed by atoms with van der Waals surface area (Å²) in [6, 6.07) is 6.02. The molecule has 0 bridgehead atoms. The molecule has 3 nitrogen and oxygen atoms in total. The molecule has 1 N–H and O–H groups in total. The van der Waals surface area contributed by atoms with Crippen molar-refractivity contribution in [2.45, 2.75) is 44.6 Å². The van der Waals surface area contributed by atoms with E-state index in [1.807, 2.05) is 12.1 Å². The standard InChI is InChI=1S/C16H20O3/c17-14(13-4-2-1-3-5-13)8-6-12-7-9-15-16(10-12)19-11-18-15/h4,7,9-10,14,17H,1-3,5-6,8,11H2. The highest BCUT2D eigenvalue weighted by Crippen LogP contribution is 2.33. The topological polar surface area (TPSA) is 38.7 Å². The molecular weight excluding hydrogens is 240 g/mol. The van der Waals surface area contributed by atoms with Crippen LogP contribution in [-0.2, 0) is 6.42 Å². The molecular formula is C16H20O3. The molecule has 0 amide bonds. The Morgan fingerprint density at radius 3 is 2.89 bits per heavy atom. The fraction of sp³-hybridized carbons (Fsp3) is 0.500. The van der Waals surface area contributed by atoms with Gasteiger partial charge in [-0.1, -0.05) is 12.1 Å². The van der Waals surface area contributed by atoms with Crippen molar-refractivity contribution in [3.05, 3.63) is 35.4 Å². The molecule has 0 saturated heterocycles. The molecule has 1 aromatic carbocycles. The number of benzene rings is 1. The minimum Gasteiger partial charge on any atom is -0.454 e. The van der Waals surface area contributed by atoms with Crippen molar-refractivity contribution in [3.63, 3.8) is 0 Å². The summed E-state index contributed by atoms with van der Waals surface area (Å²) in [5, 5.41) is 10.2. The predicted molar refractivity (Wildman–Crippen MR) is 73.4 cm³/mol. The molecule has 1 atom stereocenters. The first kappa shape index (κ1) is 12.5. The van der Waals surface area contributed by atoms with Gasteiger partial charge in [-0.2, -0.15) is 0 Å². The Labute approximate surface area is 113 Å². The zero-order chi connectivity index (χ0) is 13.1. The zero-order valence-corrected chi connectivity index (χ0v) is 11.1. The van der Waals surface area contributed by atoms with Crippen LogP contribution in [0.15, 0.2) is 29.8 Å². The third-order valence-corrected chi connectivity index (χ3v) is 3.90. The quantitative estimate of drug-likeness (QED) is 0.845. The van der Waals surface area contributed by atoms with Crippen LogP contribution in [0.2, 0.25) is 0 Å². The van der Waals surface area contributed by atoms with Gasteiger partial charge in [0.1, 0.15) is 0 Å². The second-order valence-corrected chi connectivity index (χ2v) is 5.27. The Morgan fingerprint density at radius 1 is 1.16 bits per heavy atom. The van der Waals surface area contributed by atoms with Crippen LogP contribution in [0.3, 0.4) is 0 Å². The molecule has 3 rings (SSSR count). The maximum atomic E-state index is 10.2. The molecule has 0 fully saturated rings. The van der Waals surface area contributed by atoms with Gasteiger partial charge in [-0.3, -0.25) is 0 Å². The first-order valence-corrected chi connectivity index (χ1v) is 7.08. The van der Waals surface area contributed by atoms with E-state index in [0.717, 1.165) is 37.2 Å². The molecule has 1 aromatic rings. The van der Waals surface area contributed by atoms with Crippen molar-refractivity contribution in [3.8, 4) is 11.5 Å². The average molecular weight is 260 g/mol. The van der Waals surface area contributed by atoms with Gasteiger partial charge in [0.25, 0.3) is 0 Å². The lowest BCUT2D eigenvalue weighted by Gasteiger charge is -2.18. The van der Waals surface area contributed by atoms with Crippen molar-refractivity contribution in [2.75, 3.05) is 6.79 Å². The van der Waals surface area contributed by atoms with E-state index in [4.69, 9.17) is 9.47 Å². The number of allylic oxidation sites excluding steroid dienone is 1. The average Bonchev–Trinajstić information content (AvgIpc) is 2.93. The van der Waals surface area contributed by atoms with E-state index in [1.165, 1.54) is 24.0 Å². The maximum Gasteiger partial charge on any atom is 0.231 e. The number of aliphatic hydroxyl groups excluding tert-OH is 1. The van der Waals surface area contributed by atoms with E-state index < -0.39 is 0 Å². The minimum absolute atomic E-state index is 0.286. The van der Waals surface area contributed by atoms with E-state index in [0.29, 0.717) is 6.79 Å². The molecule has 2 aliphatic rings. The molecule has 0 aromatic heterocycles. The van der Waals surface area contributed by atoms with Crippen molar-refractivity contribution < 1.29 is 14.6 Å². The van der Waals surface area contributed by atoms with Crippen LogP contribution >= 0.6 is 0 Å². The monoisotopic (exact) mass is 260 g/mol. The normalized spacial score (nSPS) is 19.1. The summed E-state index contributed by atoms with van der Waals surface area (Å²) in [7, 11) is 0. The van der Waals surface area contributed by atoms with Crippen LogP contribution in [0.5, 0.6) is 11.5 Å². The second kappa shape index (κ2) is 5.66. The van der Waals surface area contributed by atoms with Gasteiger partial charge in [0, 0.05) is 0 Å². The van der Waals surface area contributed by atoms with E-state index in [-0.39, 0.29) is 6.10 Å². The van der Waals surface area contributed by atoms with Crippen molar-refractivity contribution in [1.29, 1.82) is 0 Å². The van der Waals surface area contributed by atoms with Crippen LogP contribution in [-0.4, -0.2) is 18.0 Å². The highest BCUT2D eigenvalue weighted by molar-refractivity contribution is 5.44. The molecule has 1 aliphatic carbocycles. The van der Waals surface area contributed by atoms with Crippen LogP contribution in [0.1, 0.15) is 37.7 Å². The van der Waals surface area contributed by atoms with Crippen molar-refractivity contribution in [1.82, 2.24) is 0 Å². The highest BCUT2D eigenvalue weighted by atomic mass is 16.7. The number of hydrogen-bond donors (Lipinski definition) is 1. The Bertz CT molecular complexity index is 479. The van der Waals surface area contributed by atoms with Crippen molar-refractivity contribution in [2.24, 2.45) is 0 Å². The number of rotatable bonds is 4. The molecule has 102 valence electrons.